The zero-order valence-electron chi connectivity index (χ0n) is 14.5. The van der Waals surface area contributed by atoms with Gasteiger partial charge in [-0.1, -0.05) is 6.92 Å². The first-order valence-electron chi connectivity index (χ1n) is 8.88. The van der Waals surface area contributed by atoms with Crippen LogP contribution in [0.2, 0.25) is 0 Å². The summed E-state index contributed by atoms with van der Waals surface area (Å²) in [4.78, 5) is 9.44. The van der Waals surface area contributed by atoms with Crippen LogP contribution in [0.4, 0.5) is 0 Å². The van der Waals surface area contributed by atoms with Crippen LogP contribution < -0.4 is 11.1 Å². The molecule has 0 saturated carbocycles. The highest BCUT2D eigenvalue weighted by atomic mass is 127. The van der Waals surface area contributed by atoms with Gasteiger partial charge in [0.25, 0.3) is 0 Å². The number of nitrogens with one attached hydrogen (secondary N) is 1. The number of hydrogen-bond acceptors (Lipinski definition) is 4. The van der Waals surface area contributed by atoms with Crippen LogP contribution in [0.15, 0.2) is 4.99 Å². The molecule has 1 atom stereocenters. The maximum atomic E-state index is 5.87. The summed E-state index contributed by atoms with van der Waals surface area (Å²) < 4.78 is 5.53. The van der Waals surface area contributed by atoms with Gasteiger partial charge in [-0.3, -0.25) is 4.99 Å². The van der Waals surface area contributed by atoms with E-state index in [1.165, 1.54) is 45.7 Å². The van der Waals surface area contributed by atoms with E-state index in [2.05, 4.69) is 27.0 Å². The van der Waals surface area contributed by atoms with Gasteiger partial charge >= 0.3 is 0 Å². The number of piperazine rings is 1. The van der Waals surface area contributed by atoms with Crippen molar-refractivity contribution < 1.29 is 4.74 Å². The van der Waals surface area contributed by atoms with Crippen molar-refractivity contribution in [2.75, 3.05) is 59.0 Å². The van der Waals surface area contributed by atoms with Crippen molar-refractivity contribution in [3.05, 3.63) is 0 Å². The van der Waals surface area contributed by atoms with E-state index >= 15 is 0 Å². The molecule has 0 bridgehead atoms. The van der Waals surface area contributed by atoms with Gasteiger partial charge in [0.1, 0.15) is 0 Å². The molecule has 2 rings (SSSR count). The van der Waals surface area contributed by atoms with Gasteiger partial charge in [0.2, 0.25) is 0 Å². The van der Waals surface area contributed by atoms with Gasteiger partial charge in [0, 0.05) is 39.3 Å². The van der Waals surface area contributed by atoms with Crippen LogP contribution in [0.3, 0.4) is 0 Å². The standard InChI is InChI=1S/C16H33N5O.HI/c1-2-20-9-11-21(12-10-20)8-4-3-7-18-16(17)19-14-15-6-5-13-22-15;/h15H,2-14H2,1H3,(H3,17,18,19);1H. The minimum Gasteiger partial charge on any atom is -0.376 e. The van der Waals surface area contributed by atoms with Gasteiger partial charge in [-0.15, -0.1) is 24.0 Å². The summed E-state index contributed by atoms with van der Waals surface area (Å²) in [5.41, 5.74) is 5.87. The molecule has 23 heavy (non-hydrogen) atoms. The second-order valence-corrected chi connectivity index (χ2v) is 6.27. The number of nitrogens with zero attached hydrogens (tertiary/aromatic N) is 3. The van der Waals surface area contributed by atoms with Gasteiger partial charge in [0.05, 0.1) is 12.6 Å². The average molecular weight is 439 g/mol. The fraction of sp³-hybridized carbons (Fsp3) is 0.938. The first kappa shape index (κ1) is 20.9. The number of guanidine groups is 1. The summed E-state index contributed by atoms with van der Waals surface area (Å²) >= 11 is 0. The van der Waals surface area contributed by atoms with Crippen LogP contribution in [0, 0.1) is 0 Å². The Bertz CT molecular complexity index is 328. The number of ether oxygens (including phenoxy) is 1. The molecule has 0 radical (unpaired) electrons. The van der Waals surface area contributed by atoms with E-state index in [4.69, 9.17) is 10.5 Å². The van der Waals surface area contributed by atoms with Gasteiger partial charge in [-0.25, -0.2) is 0 Å². The van der Waals surface area contributed by atoms with E-state index < -0.39 is 0 Å². The molecule has 2 aliphatic rings. The molecule has 0 amide bonds. The lowest BCUT2D eigenvalue weighted by Crippen LogP contribution is -2.46. The van der Waals surface area contributed by atoms with Crippen molar-refractivity contribution in [2.24, 2.45) is 10.7 Å². The number of halogens is 1. The number of rotatable bonds is 8. The van der Waals surface area contributed by atoms with E-state index in [0.717, 1.165) is 32.4 Å². The van der Waals surface area contributed by atoms with Gasteiger partial charge in [-0.05, 0) is 38.8 Å². The monoisotopic (exact) mass is 439 g/mol. The molecule has 1 unspecified atom stereocenters. The molecule has 0 aromatic rings. The molecular weight excluding hydrogens is 405 g/mol. The third kappa shape index (κ3) is 8.51. The molecule has 0 aliphatic carbocycles. The molecule has 2 saturated heterocycles. The summed E-state index contributed by atoms with van der Waals surface area (Å²) in [5.74, 6) is 0.562. The highest BCUT2D eigenvalue weighted by molar-refractivity contribution is 14.0. The third-order valence-corrected chi connectivity index (χ3v) is 4.61. The molecule has 2 fully saturated rings. The van der Waals surface area contributed by atoms with Crippen LogP contribution in [0.1, 0.15) is 32.6 Å². The van der Waals surface area contributed by atoms with Crippen molar-refractivity contribution >= 4 is 29.9 Å². The molecule has 0 aromatic heterocycles. The minimum absolute atomic E-state index is 0. The summed E-state index contributed by atoms with van der Waals surface area (Å²) in [5, 5.41) is 3.21. The first-order valence-corrected chi connectivity index (χ1v) is 8.88. The van der Waals surface area contributed by atoms with Gasteiger partial charge in [0.15, 0.2) is 5.96 Å². The Hall–Kier alpha value is -0.120. The van der Waals surface area contributed by atoms with E-state index in [1.54, 1.807) is 0 Å². The Morgan fingerprint density at radius 2 is 1.96 bits per heavy atom. The first-order chi connectivity index (χ1) is 10.8. The molecule has 2 heterocycles. The minimum atomic E-state index is 0. The highest BCUT2D eigenvalue weighted by Gasteiger charge is 2.15. The van der Waals surface area contributed by atoms with E-state index in [-0.39, 0.29) is 30.1 Å². The fourth-order valence-electron chi connectivity index (χ4n) is 3.05. The predicted octanol–water partition coefficient (Wildman–Crippen LogP) is 1.11. The molecule has 2 aliphatic heterocycles. The van der Waals surface area contributed by atoms with Crippen molar-refractivity contribution in [1.82, 2.24) is 15.1 Å². The second-order valence-electron chi connectivity index (χ2n) is 6.27. The number of aliphatic imine (C=N–C) groups is 1. The van der Waals surface area contributed by atoms with Crippen molar-refractivity contribution in [2.45, 2.75) is 38.7 Å². The Morgan fingerprint density at radius 3 is 2.61 bits per heavy atom. The van der Waals surface area contributed by atoms with Gasteiger partial charge in [-0.2, -0.15) is 0 Å². The van der Waals surface area contributed by atoms with Crippen LogP contribution in [0.5, 0.6) is 0 Å². The smallest absolute Gasteiger partial charge is 0.188 e. The Labute approximate surface area is 158 Å². The maximum absolute atomic E-state index is 5.87. The largest absolute Gasteiger partial charge is 0.376 e. The Morgan fingerprint density at radius 1 is 1.22 bits per heavy atom. The van der Waals surface area contributed by atoms with Crippen molar-refractivity contribution in [3.63, 3.8) is 0 Å². The lowest BCUT2D eigenvalue weighted by Gasteiger charge is -2.33. The number of hydrogen-bond donors (Lipinski definition) is 2. The molecular formula is C16H34IN5O. The summed E-state index contributed by atoms with van der Waals surface area (Å²) in [7, 11) is 0. The summed E-state index contributed by atoms with van der Waals surface area (Å²) in [6.07, 6.45) is 4.91. The number of unbranched alkanes of at least 4 members (excludes halogenated alkanes) is 1. The van der Waals surface area contributed by atoms with Crippen LogP contribution in [-0.4, -0.2) is 80.8 Å². The molecule has 0 aromatic carbocycles. The lowest BCUT2D eigenvalue weighted by molar-refractivity contribution is 0.117. The zero-order valence-corrected chi connectivity index (χ0v) is 16.8. The third-order valence-electron chi connectivity index (χ3n) is 4.61. The number of likely N-dealkylation sites (N-methyl/N-ethyl adjacent to an activating group) is 1. The van der Waals surface area contributed by atoms with Crippen LogP contribution in [-0.2, 0) is 4.74 Å². The van der Waals surface area contributed by atoms with Crippen LogP contribution in [0.25, 0.3) is 0 Å². The lowest BCUT2D eigenvalue weighted by atomic mass is 10.2. The van der Waals surface area contributed by atoms with Crippen molar-refractivity contribution in [1.29, 1.82) is 0 Å². The topological polar surface area (TPSA) is 66.1 Å². The normalized spacial score (nSPS) is 23.7. The fourth-order valence-corrected chi connectivity index (χ4v) is 3.05. The second kappa shape index (κ2) is 12.3. The zero-order chi connectivity index (χ0) is 15.6. The quantitative estimate of drug-likeness (QED) is 0.257. The molecule has 136 valence electrons. The van der Waals surface area contributed by atoms with E-state index in [9.17, 15) is 0 Å². The van der Waals surface area contributed by atoms with Crippen LogP contribution >= 0.6 is 24.0 Å². The maximum Gasteiger partial charge on any atom is 0.188 e. The SMILES string of the molecule is CCN1CCN(CCCCNC(N)=NCC2CCCO2)CC1.I. The predicted molar refractivity (Wildman–Crippen MR) is 107 cm³/mol. The highest BCUT2D eigenvalue weighted by Crippen LogP contribution is 2.11. The molecule has 0 spiro atoms. The Kier molecular flexibility index (Phi) is 11.2. The van der Waals surface area contributed by atoms with E-state index in [1.807, 2.05) is 0 Å². The molecule has 7 heteroatoms. The van der Waals surface area contributed by atoms with Gasteiger partial charge < -0.3 is 25.6 Å². The van der Waals surface area contributed by atoms with Crippen molar-refractivity contribution in [3.8, 4) is 0 Å². The summed E-state index contributed by atoms with van der Waals surface area (Å²) in [6, 6.07) is 0. The summed E-state index contributed by atoms with van der Waals surface area (Å²) in [6.45, 7) is 12.0. The van der Waals surface area contributed by atoms with E-state index in [0.29, 0.717) is 12.5 Å². The molecule has 3 N–H and O–H groups in total. The Balaban J connectivity index is 0.00000264. The number of nitrogens with two attached hydrogens (primary N) is 1. The average Bonchev–Trinajstić information content (AvgIpc) is 3.06. The molecule has 6 nitrogen and oxygen atoms in total.